The Kier molecular flexibility index (Phi) is 4.80. The van der Waals surface area contributed by atoms with Gasteiger partial charge in [-0.3, -0.25) is 9.78 Å². The van der Waals surface area contributed by atoms with E-state index in [-0.39, 0.29) is 11.9 Å². The fraction of sp³-hybridized carbons (Fsp3) is 0.438. The number of nitrogens with one attached hydrogen (secondary N) is 1. The van der Waals surface area contributed by atoms with E-state index in [9.17, 15) is 4.79 Å². The number of hydrogen-bond donors (Lipinski definition) is 1. The molecule has 1 amide bonds. The highest BCUT2D eigenvalue weighted by Gasteiger charge is 2.23. The lowest BCUT2D eigenvalue weighted by atomic mass is 9.93. The van der Waals surface area contributed by atoms with Crippen molar-refractivity contribution in [2.45, 2.75) is 37.8 Å². The maximum Gasteiger partial charge on any atom is 0.270 e. The van der Waals surface area contributed by atoms with Gasteiger partial charge in [-0.05, 0) is 37.8 Å². The van der Waals surface area contributed by atoms with Crippen molar-refractivity contribution in [3.8, 4) is 10.6 Å². The van der Waals surface area contributed by atoms with Gasteiger partial charge in [-0.1, -0.05) is 6.07 Å². The molecule has 1 saturated carbocycles. The van der Waals surface area contributed by atoms with Crippen LogP contribution >= 0.6 is 11.3 Å². The van der Waals surface area contributed by atoms with Gasteiger partial charge in [0, 0.05) is 19.3 Å². The maximum atomic E-state index is 12.4. The normalized spacial score (nSPS) is 21.5. The van der Waals surface area contributed by atoms with Crippen molar-refractivity contribution >= 4 is 17.2 Å². The summed E-state index contributed by atoms with van der Waals surface area (Å²) in [6.45, 7) is 0. The molecule has 2 aromatic rings. The quantitative estimate of drug-likeness (QED) is 0.942. The van der Waals surface area contributed by atoms with E-state index in [1.807, 2.05) is 12.1 Å². The summed E-state index contributed by atoms with van der Waals surface area (Å²) in [6, 6.07) is 5.72. The predicted molar refractivity (Wildman–Crippen MR) is 85.9 cm³/mol. The molecule has 0 radical (unpaired) electrons. The summed E-state index contributed by atoms with van der Waals surface area (Å²) in [5.41, 5.74) is 3.01. The van der Waals surface area contributed by atoms with Crippen molar-refractivity contribution < 1.29 is 9.53 Å². The summed E-state index contributed by atoms with van der Waals surface area (Å²) in [4.78, 5) is 21.8. The summed E-state index contributed by atoms with van der Waals surface area (Å²) >= 11 is 1.52. The van der Waals surface area contributed by atoms with Crippen molar-refractivity contribution in [2.75, 3.05) is 7.11 Å². The van der Waals surface area contributed by atoms with Crippen LogP contribution in [0.2, 0.25) is 0 Å². The number of carbonyl (C=O) groups excluding carboxylic acids is 1. The zero-order valence-corrected chi connectivity index (χ0v) is 13.3. The minimum absolute atomic E-state index is 0.104. The van der Waals surface area contributed by atoms with E-state index in [1.165, 1.54) is 11.3 Å². The number of ether oxygens (including phenoxy) is 1. The number of amides is 1. The van der Waals surface area contributed by atoms with Gasteiger partial charge in [0.2, 0.25) is 0 Å². The Morgan fingerprint density at radius 1 is 1.32 bits per heavy atom. The summed E-state index contributed by atoms with van der Waals surface area (Å²) in [5, 5.41) is 3.08. The monoisotopic (exact) mass is 317 g/mol. The van der Waals surface area contributed by atoms with Crippen molar-refractivity contribution in [1.82, 2.24) is 15.3 Å². The number of rotatable bonds is 4. The van der Waals surface area contributed by atoms with Gasteiger partial charge in [0.05, 0.1) is 22.2 Å². The molecule has 6 heteroatoms. The third kappa shape index (κ3) is 3.51. The van der Waals surface area contributed by atoms with Gasteiger partial charge in [0.1, 0.15) is 5.69 Å². The summed E-state index contributed by atoms with van der Waals surface area (Å²) in [5.74, 6) is -0.104. The Morgan fingerprint density at radius 3 is 2.82 bits per heavy atom. The molecule has 116 valence electrons. The third-order valence-corrected chi connectivity index (χ3v) is 4.80. The van der Waals surface area contributed by atoms with Crippen LogP contribution in [0.1, 0.15) is 36.2 Å². The molecule has 2 heterocycles. The number of thiazole rings is 1. The lowest BCUT2D eigenvalue weighted by Gasteiger charge is -2.28. The second kappa shape index (κ2) is 6.98. The molecule has 0 saturated heterocycles. The SMILES string of the molecule is COC1CCC(NC(=O)c2cccc(-c3cncs3)n2)CC1. The van der Waals surface area contributed by atoms with E-state index in [0.29, 0.717) is 11.8 Å². The van der Waals surface area contributed by atoms with Gasteiger partial charge in [-0.25, -0.2) is 4.98 Å². The number of aromatic nitrogens is 2. The molecule has 1 fully saturated rings. The first kappa shape index (κ1) is 15.1. The van der Waals surface area contributed by atoms with E-state index in [2.05, 4.69) is 15.3 Å². The van der Waals surface area contributed by atoms with Crippen LogP contribution < -0.4 is 5.32 Å². The first-order valence-corrected chi connectivity index (χ1v) is 8.34. The first-order valence-electron chi connectivity index (χ1n) is 7.46. The molecule has 0 unspecified atom stereocenters. The number of nitrogens with zero attached hydrogens (tertiary/aromatic N) is 2. The fourth-order valence-electron chi connectivity index (χ4n) is 2.74. The topological polar surface area (TPSA) is 64.1 Å². The first-order chi connectivity index (χ1) is 10.8. The predicted octanol–water partition coefficient (Wildman–Crippen LogP) is 2.89. The standard InChI is InChI=1S/C16H19N3O2S/c1-21-12-7-5-11(6-8-12)18-16(20)14-4-2-3-13(19-14)15-9-17-10-22-15/h2-4,9-12H,5-8H2,1H3,(H,18,20). The fourth-order valence-corrected chi connectivity index (χ4v) is 3.33. The molecular formula is C16H19N3O2S. The Bertz CT molecular complexity index is 622. The van der Waals surface area contributed by atoms with Crippen LogP contribution in [0, 0.1) is 0 Å². The Balaban J connectivity index is 1.64. The van der Waals surface area contributed by atoms with Crippen LogP contribution in [0.4, 0.5) is 0 Å². The van der Waals surface area contributed by atoms with Gasteiger partial charge >= 0.3 is 0 Å². The van der Waals surface area contributed by atoms with Crippen LogP contribution in [0.3, 0.4) is 0 Å². The minimum Gasteiger partial charge on any atom is -0.381 e. The van der Waals surface area contributed by atoms with Crippen molar-refractivity contribution in [2.24, 2.45) is 0 Å². The number of pyridine rings is 1. The largest absolute Gasteiger partial charge is 0.381 e. The number of carbonyl (C=O) groups is 1. The van der Waals surface area contributed by atoms with E-state index >= 15 is 0 Å². The van der Waals surface area contributed by atoms with Crippen molar-refractivity contribution in [3.05, 3.63) is 35.6 Å². The second-order valence-electron chi connectivity index (χ2n) is 5.46. The summed E-state index contributed by atoms with van der Waals surface area (Å²) in [6.07, 6.45) is 6.00. The van der Waals surface area contributed by atoms with Gasteiger partial charge in [-0.2, -0.15) is 0 Å². The van der Waals surface area contributed by atoms with E-state index in [4.69, 9.17) is 4.74 Å². The lowest BCUT2D eigenvalue weighted by molar-refractivity contribution is 0.0598. The molecule has 0 bridgehead atoms. The Labute approximate surface area is 133 Å². The molecule has 1 aliphatic rings. The van der Waals surface area contributed by atoms with Gasteiger partial charge in [0.15, 0.2) is 0 Å². The zero-order valence-electron chi connectivity index (χ0n) is 12.5. The molecule has 2 aromatic heterocycles. The molecular weight excluding hydrogens is 298 g/mol. The molecule has 0 aliphatic heterocycles. The molecule has 3 rings (SSSR count). The zero-order chi connectivity index (χ0) is 15.4. The van der Waals surface area contributed by atoms with E-state index < -0.39 is 0 Å². The van der Waals surface area contributed by atoms with Crippen LogP contribution in [0.5, 0.6) is 0 Å². The van der Waals surface area contributed by atoms with E-state index in [0.717, 1.165) is 36.3 Å². The summed E-state index contributed by atoms with van der Waals surface area (Å²) in [7, 11) is 1.75. The Hall–Kier alpha value is -1.79. The second-order valence-corrected chi connectivity index (χ2v) is 6.34. The van der Waals surface area contributed by atoms with Gasteiger partial charge in [-0.15, -0.1) is 11.3 Å². The average Bonchev–Trinajstić information content (AvgIpc) is 3.10. The van der Waals surface area contributed by atoms with Crippen LogP contribution in [0.15, 0.2) is 29.9 Å². The van der Waals surface area contributed by atoms with Crippen molar-refractivity contribution in [1.29, 1.82) is 0 Å². The number of methoxy groups -OCH3 is 1. The van der Waals surface area contributed by atoms with Gasteiger partial charge in [0.25, 0.3) is 5.91 Å². The highest BCUT2D eigenvalue weighted by Crippen LogP contribution is 2.22. The number of hydrogen-bond acceptors (Lipinski definition) is 5. The molecule has 0 atom stereocenters. The van der Waals surface area contributed by atoms with E-state index in [1.54, 1.807) is 24.9 Å². The summed E-state index contributed by atoms with van der Waals surface area (Å²) < 4.78 is 5.36. The average molecular weight is 317 g/mol. The molecule has 0 aromatic carbocycles. The highest BCUT2D eigenvalue weighted by atomic mass is 32.1. The molecule has 1 N–H and O–H groups in total. The lowest BCUT2D eigenvalue weighted by Crippen LogP contribution is -2.39. The maximum absolute atomic E-state index is 12.4. The van der Waals surface area contributed by atoms with Gasteiger partial charge < -0.3 is 10.1 Å². The van der Waals surface area contributed by atoms with Crippen molar-refractivity contribution in [3.63, 3.8) is 0 Å². The van der Waals surface area contributed by atoms with Crippen LogP contribution in [-0.4, -0.2) is 35.1 Å². The molecule has 22 heavy (non-hydrogen) atoms. The molecule has 5 nitrogen and oxygen atoms in total. The smallest absolute Gasteiger partial charge is 0.270 e. The molecule has 1 aliphatic carbocycles. The molecule has 0 spiro atoms. The highest BCUT2D eigenvalue weighted by molar-refractivity contribution is 7.13. The minimum atomic E-state index is -0.104. The third-order valence-electron chi connectivity index (χ3n) is 4.01. The van der Waals surface area contributed by atoms with Crippen LogP contribution in [0.25, 0.3) is 10.6 Å². The Morgan fingerprint density at radius 2 is 2.14 bits per heavy atom. The van der Waals surface area contributed by atoms with Crippen LogP contribution in [-0.2, 0) is 4.74 Å².